The Morgan fingerprint density at radius 3 is 2.75 bits per heavy atom. The van der Waals surface area contributed by atoms with E-state index in [1.165, 1.54) is 6.20 Å². The van der Waals surface area contributed by atoms with Crippen LogP contribution in [0.25, 0.3) is 11.3 Å². The van der Waals surface area contributed by atoms with Crippen molar-refractivity contribution in [3.8, 4) is 22.8 Å². The number of carbonyl (C=O) groups excluding carboxylic acids is 2. The van der Waals surface area contributed by atoms with Crippen LogP contribution in [0.15, 0.2) is 48.7 Å². The summed E-state index contributed by atoms with van der Waals surface area (Å²) in [6.45, 7) is 1.93. The van der Waals surface area contributed by atoms with Crippen molar-refractivity contribution in [3.05, 3.63) is 65.5 Å². The maximum Gasteiger partial charge on any atom is 0.274 e. The lowest BCUT2D eigenvalue weighted by molar-refractivity contribution is 0.0923. The van der Waals surface area contributed by atoms with Crippen molar-refractivity contribution in [3.63, 3.8) is 0 Å². The molecule has 2 aromatic carbocycles. The number of rotatable bonds is 8. The lowest BCUT2D eigenvalue weighted by atomic mass is 10.1. The number of hydrogen-bond donors (Lipinski definition) is 4. The van der Waals surface area contributed by atoms with Crippen molar-refractivity contribution in [2.45, 2.75) is 25.4 Å². The first kappa shape index (κ1) is 24.9. The average molecular weight is 491 g/mol. The molecule has 2 heterocycles. The molecule has 10 nitrogen and oxygen atoms in total. The van der Waals surface area contributed by atoms with Gasteiger partial charge in [-0.1, -0.05) is 12.1 Å². The zero-order valence-corrected chi connectivity index (χ0v) is 20.3. The topological polar surface area (TPSA) is 140 Å². The third-order valence-electron chi connectivity index (χ3n) is 6.00. The number of nitrogen functional groups attached to an aromatic ring is 1. The second-order valence-corrected chi connectivity index (χ2v) is 8.45. The van der Waals surface area contributed by atoms with Crippen molar-refractivity contribution >= 4 is 17.6 Å². The summed E-state index contributed by atoms with van der Waals surface area (Å²) in [6, 6.07) is 12.4. The summed E-state index contributed by atoms with van der Waals surface area (Å²) in [4.78, 5) is 34.3. The van der Waals surface area contributed by atoms with E-state index in [2.05, 4.69) is 25.9 Å². The molecule has 1 aliphatic rings. The SMILES string of the molecule is COc1ccc(CNC(=O)c2cccc(-c3cnc(N)c(C(=O)N[C@H]4CCCNC4)n3)c2)c(OC)c1. The van der Waals surface area contributed by atoms with E-state index in [4.69, 9.17) is 15.2 Å². The number of nitrogens with one attached hydrogen (secondary N) is 3. The highest BCUT2D eigenvalue weighted by atomic mass is 16.5. The van der Waals surface area contributed by atoms with Crippen LogP contribution < -0.4 is 31.2 Å². The van der Waals surface area contributed by atoms with Gasteiger partial charge in [-0.05, 0) is 43.7 Å². The third-order valence-corrected chi connectivity index (χ3v) is 6.00. The van der Waals surface area contributed by atoms with E-state index in [1.54, 1.807) is 44.6 Å². The Morgan fingerprint density at radius 1 is 1.14 bits per heavy atom. The van der Waals surface area contributed by atoms with Gasteiger partial charge in [-0.25, -0.2) is 9.97 Å². The van der Waals surface area contributed by atoms with Crippen LogP contribution in [0.4, 0.5) is 5.82 Å². The van der Waals surface area contributed by atoms with Crippen molar-refractivity contribution in [2.75, 3.05) is 33.0 Å². The molecule has 1 atom stereocenters. The van der Waals surface area contributed by atoms with Crippen LogP contribution in [0.5, 0.6) is 11.5 Å². The first-order chi connectivity index (χ1) is 17.5. The van der Waals surface area contributed by atoms with Crippen LogP contribution in [0, 0.1) is 0 Å². The van der Waals surface area contributed by atoms with E-state index >= 15 is 0 Å². The van der Waals surface area contributed by atoms with Gasteiger partial charge in [-0.15, -0.1) is 0 Å². The first-order valence-corrected chi connectivity index (χ1v) is 11.7. The summed E-state index contributed by atoms with van der Waals surface area (Å²) >= 11 is 0. The second kappa shape index (κ2) is 11.5. The molecule has 0 unspecified atom stereocenters. The van der Waals surface area contributed by atoms with E-state index in [1.807, 2.05) is 12.1 Å². The van der Waals surface area contributed by atoms with Crippen molar-refractivity contribution in [2.24, 2.45) is 0 Å². The third kappa shape index (κ3) is 5.89. The Labute approximate surface area is 209 Å². The molecule has 1 aliphatic heterocycles. The highest BCUT2D eigenvalue weighted by Gasteiger charge is 2.20. The predicted molar refractivity (Wildman–Crippen MR) is 136 cm³/mol. The van der Waals surface area contributed by atoms with Crippen LogP contribution >= 0.6 is 0 Å². The highest BCUT2D eigenvalue weighted by Crippen LogP contribution is 2.25. The maximum atomic E-state index is 12.9. The summed E-state index contributed by atoms with van der Waals surface area (Å²) in [6.07, 6.45) is 3.38. The quantitative estimate of drug-likeness (QED) is 0.377. The normalized spacial score (nSPS) is 15.1. The zero-order valence-electron chi connectivity index (χ0n) is 20.3. The van der Waals surface area contributed by atoms with Gasteiger partial charge in [-0.3, -0.25) is 9.59 Å². The van der Waals surface area contributed by atoms with Crippen molar-refractivity contribution in [1.82, 2.24) is 25.9 Å². The molecule has 188 valence electrons. The molecule has 1 fully saturated rings. The lowest BCUT2D eigenvalue weighted by Gasteiger charge is -2.23. The van der Waals surface area contributed by atoms with Crippen LogP contribution in [0.2, 0.25) is 0 Å². The zero-order chi connectivity index (χ0) is 25.5. The molecule has 1 saturated heterocycles. The fraction of sp³-hybridized carbons (Fsp3) is 0.308. The van der Waals surface area contributed by atoms with E-state index in [9.17, 15) is 9.59 Å². The minimum Gasteiger partial charge on any atom is -0.497 e. The van der Waals surface area contributed by atoms with Gasteiger partial charge in [0, 0.05) is 41.9 Å². The Hall–Kier alpha value is -4.18. The summed E-state index contributed by atoms with van der Waals surface area (Å²) < 4.78 is 10.6. The first-order valence-electron chi connectivity index (χ1n) is 11.7. The Morgan fingerprint density at radius 2 is 2.00 bits per heavy atom. The number of piperidine rings is 1. The van der Waals surface area contributed by atoms with E-state index in [0.717, 1.165) is 24.9 Å². The van der Waals surface area contributed by atoms with Crippen LogP contribution in [-0.4, -0.2) is 55.1 Å². The molecule has 0 aliphatic carbocycles. The van der Waals surface area contributed by atoms with Crippen molar-refractivity contribution < 1.29 is 19.1 Å². The summed E-state index contributed by atoms with van der Waals surface area (Å²) in [5.74, 6) is 0.721. The number of anilines is 1. The standard InChI is InChI=1S/C26H30N6O4/c1-35-20-9-8-18(22(12-20)36-2)13-30-25(33)17-6-3-5-16(11-17)21-15-29-24(27)23(32-21)26(34)31-19-7-4-10-28-14-19/h3,5-6,8-9,11-12,15,19,28H,4,7,10,13-14H2,1-2H3,(H2,27,29)(H,30,33)(H,31,34)/t19-/m0/s1. The van der Waals surface area contributed by atoms with Gasteiger partial charge in [-0.2, -0.15) is 0 Å². The Kier molecular flexibility index (Phi) is 7.96. The maximum absolute atomic E-state index is 12.9. The molecule has 0 saturated carbocycles. The lowest BCUT2D eigenvalue weighted by Crippen LogP contribution is -2.46. The predicted octanol–water partition coefficient (Wildman–Crippen LogP) is 2.15. The highest BCUT2D eigenvalue weighted by molar-refractivity contribution is 5.97. The van der Waals surface area contributed by atoms with Crippen LogP contribution in [0.3, 0.4) is 0 Å². The minimum atomic E-state index is -0.363. The van der Waals surface area contributed by atoms with Crippen LogP contribution in [-0.2, 0) is 6.54 Å². The smallest absolute Gasteiger partial charge is 0.274 e. The fourth-order valence-corrected chi connectivity index (χ4v) is 4.03. The largest absolute Gasteiger partial charge is 0.497 e. The number of nitrogens with zero attached hydrogens (tertiary/aromatic N) is 2. The minimum absolute atomic E-state index is 0.0208. The number of ether oxygens (including phenoxy) is 2. The number of methoxy groups -OCH3 is 2. The fourth-order valence-electron chi connectivity index (χ4n) is 4.03. The summed E-state index contributed by atoms with van der Waals surface area (Å²) in [5, 5.41) is 9.13. The number of nitrogens with two attached hydrogens (primary N) is 1. The van der Waals surface area contributed by atoms with Crippen LogP contribution in [0.1, 0.15) is 39.3 Å². The van der Waals surface area contributed by atoms with Crippen molar-refractivity contribution in [1.29, 1.82) is 0 Å². The second-order valence-electron chi connectivity index (χ2n) is 8.45. The number of aromatic nitrogens is 2. The Balaban J connectivity index is 1.48. The molecule has 5 N–H and O–H groups in total. The van der Waals surface area contributed by atoms with E-state index < -0.39 is 0 Å². The molecule has 36 heavy (non-hydrogen) atoms. The van der Waals surface area contributed by atoms with Gasteiger partial charge in [0.25, 0.3) is 11.8 Å². The molecule has 1 aromatic heterocycles. The van der Waals surface area contributed by atoms with Gasteiger partial charge in [0.2, 0.25) is 0 Å². The molecule has 0 radical (unpaired) electrons. The number of amides is 2. The molecule has 3 aromatic rings. The Bertz CT molecular complexity index is 1240. The van der Waals surface area contributed by atoms with E-state index in [-0.39, 0.29) is 35.9 Å². The molecular weight excluding hydrogens is 460 g/mol. The van der Waals surface area contributed by atoms with E-state index in [0.29, 0.717) is 34.9 Å². The van der Waals surface area contributed by atoms with Gasteiger partial charge in [0.1, 0.15) is 11.5 Å². The molecule has 2 amide bonds. The average Bonchev–Trinajstić information content (AvgIpc) is 2.92. The van der Waals surface area contributed by atoms with Gasteiger partial charge in [0.15, 0.2) is 11.5 Å². The summed E-state index contributed by atoms with van der Waals surface area (Å²) in [7, 11) is 3.15. The monoisotopic (exact) mass is 490 g/mol. The number of hydrogen-bond acceptors (Lipinski definition) is 8. The van der Waals surface area contributed by atoms with Gasteiger partial charge < -0.3 is 31.2 Å². The number of benzene rings is 2. The summed E-state index contributed by atoms with van der Waals surface area (Å²) in [5.41, 5.74) is 8.37. The molecule has 4 rings (SSSR count). The molecule has 10 heteroatoms. The molecular formula is C26H30N6O4. The molecule has 0 spiro atoms. The van der Waals surface area contributed by atoms with Gasteiger partial charge in [0.05, 0.1) is 26.1 Å². The van der Waals surface area contributed by atoms with Gasteiger partial charge >= 0.3 is 0 Å². The number of carbonyl (C=O) groups is 2. The molecule has 0 bridgehead atoms.